The summed E-state index contributed by atoms with van der Waals surface area (Å²) in [5.41, 5.74) is 0.852. The summed E-state index contributed by atoms with van der Waals surface area (Å²) < 4.78 is 5.58. The van der Waals surface area contributed by atoms with Gasteiger partial charge in [0.1, 0.15) is 6.61 Å². The van der Waals surface area contributed by atoms with E-state index in [4.69, 9.17) is 4.74 Å². The van der Waals surface area contributed by atoms with Crippen molar-refractivity contribution in [2.75, 3.05) is 13.2 Å². The first-order valence-corrected chi connectivity index (χ1v) is 5.00. The molecule has 0 bridgehead atoms. The van der Waals surface area contributed by atoms with Gasteiger partial charge in [0.05, 0.1) is 5.69 Å². The summed E-state index contributed by atoms with van der Waals surface area (Å²) in [6.45, 7) is 3.71. The summed E-state index contributed by atoms with van der Waals surface area (Å²) >= 11 is 0. The number of ether oxygens (including phenoxy) is 1. The molecule has 1 aliphatic rings. The van der Waals surface area contributed by atoms with Crippen molar-refractivity contribution >= 4 is 0 Å². The molecular formula is C10H15N3O. The SMILES string of the molecule is Cc1nccnc1OC[C@@H]1CCCN1. The largest absolute Gasteiger partial charge is 0.475 e. The highest BCUT2D eigenvalue weighted by molar-refractivity contribution is 5.14. The van der Waals surface area contributed by atoms with Crippen LogP contribution in [-0.4, -0.2) is 29.2 Å². The van der Waals surface area contributed by atoms with Gasteiger partial charge in [-0.25, -0.2) is 4.98 Å². The van der Waals surface area contributed by atoms with Gasteiger partial charge in [-0.2, -0.15) is 0 Å². The zero-order chi connectivity index (χ0) is 9.80. The molecule has 0 saturated carbocycles. The fourth-order valence-electron chi connectivity index (χ4n) is 1.62. The van der Waals surface area contributed by atoms with Crippen molar-refractivity contribution in [3.63, 3.8) is 0 Å². The number of nitrogens with one attached hydrogen (secondary N) is 1. The van der Waals surface area contributed by atoms with Crippen LogP contribution in [0.25, 0.3) is 0 Å². The molecule has 0 radical (unpaired) electrons. The molecule has 4 heteroatoms. The normalized spacial score (nSPS) is 21.1. The second kappa shape index (κ2) is 4.37. The minimum atomic E-state index is 0.483. The average Bonchev–Trinajstić information content (AvgIpc) is 2.69. The van der Waals surface area contributed by atoms with Crippen molar-refractivity contribution in [2.45, 2.75) is 25.8 Å². The van der Waals surface area contributed by atoms with E-state index in [-0.39, 0.29) is 0 Å². The zero-order valence-corrected chi connectivity index (χ0v) is 8.36. The van der Waals surface area contributed by atoms with E-state index in [2.05, 4.69) is 15.3 Å². The quantitative estimate of drug-likeness (QED) is 0.775. The molecule has 1 fully saturated rings. The van der Waals surface area contributed by atoms with E-state index in [0.717, 1.165) is 12.2 Å². The molecule has 0 unspecified atom stereocenters. The maximum Gasteiger partial charge on any atom is 0.235 e. The molecule has 0 aromatic carbocycles. The summed E-state index contributed by atoms with van der Waals surface area (Å²) in [7, 11) is 0. The van der Waals surface area contributed by atoms with Crippen LogP contribution < -0.4 is 10.1 Å². The molecule has 4 nitrogen and oxygen atoms in total. The first-order valence-electron chi connectivity index (χ1n) is 5.00. The van der Waals surface area contributed by atoms with Crippen LogP contribution in [0.2, 0.25) is 0 Å². The van der Waals surface area contributed by atoms with Gasteiger partial charge in [-0.3, -0.25) is 4.98 Å². The molecule has 0 amide bonds. The summed E-state index contributed by atoms with van der Waals surface area (Å²) in [6, 6.07) is 0.483. The fraction of sp³-hybridized carbons (Fsp3) is 0.600. The lowest BCUT2D eigenvalue weighted by atomic mass is 10.2. The van der Waals surface area contributed by atoms with Crippen LogP contribution in [0.4, 0.5) is 0 Å². The number of nitrogens with zero attached hydrogens (tertiary/aromatic N) is 2. The van der Waals surface area contributed by atoms with Gasteiger partial charge < -0.3 is 10.1 Å². The number of rotatable bonds is 3. The zero-order valence-electron chi connectivity index (χ0n) is 8.36. The summed E-state index contributed by atoms with van der Waals surface area (Å²) in [5, 5.41) is 3.37. The van der Waals surface area contributed by atoms with Gasteiger partial charge in [0.15, 0.2) is 0 Å². The Bertz CT molecular complexity index is 297. The molecule has 76 valence electrons. The second-order valence-corrected chi connectivity index (χ2v) is 3.55. The lowest BCUT2D eigenvalue weighted by Gasteiger charge is -2.11. The maximum atomic E-state index is 5.58. The smallest absolute Gasteiger partial charge is 0.235 e. The molecule has 14 heavy (non-hydrogen) atoms. The Morgan fingerprint density at radius 3 is 3.07 bits per heavy atom. The van der Waals surface area contributed by atoms with Crippen molar-refractivity contribution in [1.82, 2.24) is 15.3 Å². The van der Waals surface area contributed by atoms with Crippen molar-refractivity contribution < 1.29 is 4.74 Å². The van der Waals surface area contributed by atoms with Gasteiger partial charge in [-0.15, -0.1) is 0 Å². The van der Waals surface area contributed by atoms with Crippen LogP contribution in [0, 0.1) is 6.92 Å². The van der Waals surface area contributed by atoms with E-state index in [1.807, 2.05) is 6.92 Å². The van der Waals surface area contributed by atoms with E-state index in [0.29, 0.717) is 18.5 Å². The van der Waals surface area contributed by atoms with Crippen molar-refractivity contribution in [2.24, 2.45) is 0 Å². The Balaban J connectivity index is 1.88. The lowest BCUT2D eigenvalue weighted by molar-refractivity contribution is 0.264. The highest BCUT2D eigenvalue weighted by Gasteiger charge is 2.15. The van der Waals surface area contributed by atoms with E-state index in [9.17, 15) is 0 Å². The molecule has 1 N–H and O–H groups in total. The van der Waals surface area contributed by atoms with E-state index >= 15 is 0 Å². The van der Waals surface area contributed by atoms with Gasteiger partial charge in [-0.1, -0.05) is 0 Å². The topological polar surface area (TPSA) is 47.0 Å². The molecule has 2 heterocycles. The fourth-order valence-corrected chi connectivity index (χ4v) is 1.62. The van der Waals surface area contributed by atoms with Gasteiger partial charge in [0, 0.05) is 18.4 Å². The first kappa shape index (κ1) is 9.40. The standard InChI is InChI=1S/C10H15N3O/c1-8-10(13-6-5-11-8)14-7-9-3-2-4-12-9/h5-6,9,12H,2-4,7H2,1H3/t9-/m0/s1. The van der Waals surface area contributed by atoms with Gasteiger partial charge >= 0.3 is 0 Å². The molecule has 1 atom stereocenters. The minimum Gasteiger partial charge on any atom is -0.475 e. The predicted octanol–water partition coefficient (Wildman–Crippen LogP) is 0.916. The highest BCUT2D eigenvalue weighted by Crippen LogP contribution is 2.11. The summed E-state index contributed by atoms with van der Waals surface area (Å²) in [4.78, 5) is 8.24. The molecule has 0 spiro atoms. The lowest BCUT2D eigenvalue weighted by Crippen LogP contribution is -2.28. The van der Waals surface area contributed by atoms with Crippen LogP contribution in [0.15, 0.2) is 12.4 Å². The average molecular weight is 193 g/mol. The van der Waals surface area contributed by atoms with Gasteiger partial charge in [0.2, 0.25) is 5.88 Å². The summed E-state index contributed by atoms with van der Waals surface area (Å²) in [5.74, 6) is 0.654. The van der Waals surface area contributed by atoms with E-state index < -0.39 is 0 Å². The highest BCUT2D eigenvalue weighted by atomic mass is 16.5. The van der Waals surface area contributed by atoms with Crippen molar-refractivity contribution in [3.8, 4) is 5.88 Å². The third-order valence-corrected chi connectivity index (χ3v) is 2.42. The van der Waals surface area contributed by atoms with Crippen molar-refractivity contribution in [3.05, 3.63) is 18.1 Å². The molecule has 1 saturated heterocycles. The molecule has 1 aliphatic heterocycles. The Labute approximate surface area is 83.7 Å². The van der Waals surface area contributed by atoms with E-state index in [1.165, 1.54) is 12.8 Å². The first-order chi connectivity index (χ1) is 6.86. The van der Waals surface area contributed by atoms with Crippen LogP contribution >= 0.6 is 0 Å². The molecule has 0 aliphatic carbocycles. The van der Waals surface area contributed by atoms with Crippen LogP contribution in [0.3, 0.4) is 0 Å². The third kappa shape index (κ3) is 2.20. The third-order valence-electron chi connectivity index (χ3n) is 2.42. The monoisotopic (exact) mass is 193 g/mol. The Morgan fingerprint density at radius 1 is 1.50 bits per heavy atom. The summed E-state index contributed by atoms with van der Waals surface area (Å²) in [6.07, 6.45) is 5.77. The molecular weight excluding hydrogens is 178 g/mol. The van der Waals surface area contributed by atoms with Crippen LogP contribution in [0.1, 0.15) is 18.5 Å². The van der Waals surface area contributed by atoms with E-state index in [1.54, 1.807) is 12.4 Å². The number of hydrogen-bond donors (Lipinski definition) is 1. The number of aryl methyl sites for hydroxylation is 1. The minimum absolute atomic E-state index is 0.483. The molecule has 2 rings (SSSR count). The van der Waals surface area contributed by atoms with Gasteiger partial charge in [-0.05, 0) is 26.3 Å². The Kier molecular flexibility index (Phi) is 2.93. The molecule has 1 aromatic rings. The number of hydrogen-bond acceptors (Lipinski definition) is 4. The predicted molar refractivity (Wildman–Crippen MR) is 53.3 cm³/mol. The molecule has 1 aromatic heterocycles. The second-order valence-electron chi connectivity index (χ2n) is 3.55. The maximum absolute atomic E-state index is 5.58. The number of aromatic nitrogens is 2. The Morgan fingerprint density at radius 2 is 2.36 bits per heavy atom. The van der Waals surface area contributed by atoms with Crippen LogP contribution in [-0.2, 0) is 0 Å². The Hall–Kier alpha value is -1.16. The van der Waals surface area contributed by atoms with Crippen LogP contribution in [0.5, 0.6) is 5.88 Å². The van der Waals surface area contributed by atoms with Crippen molar-refractivity contribution in [1.29, 1.82) is 0 Å². The van der Waals surface area contributed by atoms with Gasteiger partial charge in [0.25, 0.3) is 0 Å².